The summed E-state index contributed by atoms with van der Waals surface area (Å²) >= 11 is 0. The van der Waals surface area contributed by atoms with Gasteiger partial charge in [0.2, 0.25) is 0 Å². The number of rotatable bonds is 9. The van der Waals surface area contributed by atoms with Crippen molar-refractivity contribution in [3.05, 3.63) is 59.7 Å². The number of hydrazone groups is 1. The lowest BCUT2D eigenvalue weighted by atomic mass is 10.2. The first-order valence-corrected chi connectivity index (χ1v) is 9.69. The van der Waals surface area contributed by atoms with E-state index in [4.69, 9.17) is 4.74 Å². The van der Waals surface area contributed by atoms with Crippen molar-refractivity contribution in [2.45, 2.75) is 26.7 Å². The number of carbonyl (C=O) groups excluding carboxylic acids is 3. The van der Waals surface area contributed by atoms with Crippen LogP contribution < -0.4 is 20.8 Å². The molecule has 158 valence electrons. The number of anilines is 1. The number of carbonyl (C=O) groups is 3. The van der Waals surface area contributed by atoms with E-state index in [-0.39, 0.29) is 12.5 Å². The lowest BCUT2D eigenvalue weighted by Gasteiger charge is -2.09. The maximum atomic E-state index is 12.1. The van der Waals surface area contributed by atoms with Crippen LogP contribution in [0.25, 0.3) is 0 Å². The zero-order valence-corrected chi connectivity index (χ0v) is 17.1. The highest BCUT2D eigenvalue weighted by atomic mass is 16.5. The van der Waals surface area contributed by atoms with E-state index >= 15 is 0 Å². The number of hydrogen-bond acceptors (Lipinski definition) is 5. The molecule has 0 spiro atoms. The van der Waals surface area contributed by atoms with E-state index in [9.17, 15) is 14.4 Å². The van der Waals surface area contributed by atoms with E-state index in [1.165, 1.54) is 6.21 Å². The second-order valence-corrected chi connectivity index (χ2v) is 6.55. The Morgan fingerprint density at radius 2 is 1.77 bits per heavy atom. The van der Waals surface area contributed by atoms with Crippen LogP contribution in [0, 0.1) is 6.92 Å². The van der Waals surface area contributed by atoms with Gasteiger partial charge in [0.15, 0.2) is 6.61 Å². The first-order valence-electron chi connectivity index (χ1n) is 9.69. The minimum Gasteiger partial charge on any atom is -0.483 e. The predicted molar refractivity (Wildman–Crippen MR) is 115 cm³/mol. The minimum atomic E-state index is -0.849. The third-order valence-corrected chi connectivity index (χ3v) is 4.00. The standard InChI is InChI=1S/C22H26N4O4/c1-3-4-13-23-21(28)22(29)26-24-14-17-7-5-6-8-19(17)30-15-20(27)25-18-11-9-16(2)10-12-18/h5-12,14H,3-4,13,15H2,1-2H3,(H,23,28)(H,25,27)(H,26,29)/b24-14-. The Labute approximate surface area is 175 Å². The van der Waals surface area contributed by atoms with Gasteiger partial charge in [-0.1, -0.05) is 43.2 Å². The molecule has 0 unspecified atom stereocenters. The minimum absolute atomic E-state index is 0.190. The molecular formula is C22H26N4O4. The van der Waals surface area contributed by atoms with E-state index < -0.39 is 11.8 Å². The van der Waals surface area contributed by atoms with Crippen LogP contribution in [0.5, 0.6) is 5.75 Å². The zero-order valence-electron chi connectivity index (χ0n) is 17.1. The van der Waals surface area contributed by atoms with Gasteiger partial charge in [-0.15, -0.1) is 0 Å². The van der Waals surface area contributed by atoms with Crippen LogP contribution in [0.1, 0.15) is 30.9 Å². The van der Waals surface area contributed by atoms with Gasteiger partial charge >= 0.3 is 11.8 Å². The fraction of sp³-hybridized carbons (Fsp3) is 0.273. The van der Waals surface area contributed by atoms with Crippen molar-refractivity contribution in [3.8, 4) is 5.75 Å². The second-order valence-electron chi connectivity index (χ2n) is 6.55. The first kappa shape index (κ1) is 22.6. The number of hydrogen-bond donors (Lipinski definition) is 3. The monoisotopic (exact) mass is 410 g/mol. The van der Waals surface area contributed by atoms with E-state index in [1.54, 1.807) is 24.3 Å². The molecule has 0 saturated carbocycles. The molecule has 3 N–H and O–H groups in total. The normalized spacial score (nSPS) is 10.5. The van der Waals surface area contributed by atoms with Gasteiger partial charge in [0.05, 0.1) is 6.21 Å². The van der Waals surface area contributed by atoms with Gasteiger partial charge in [-0.2, -0.15) is 5.10 Å². The molecule has 8 nitrogen and oxygen atoms in total. The van der Waals surface area contributed by atoms with Crippen molar-refractivity contribution in [2.75, 3.05) is 18.5 Å². The van der Waals surface area contributed by atoms with Crippen LogP contribution in [0.2, 0.25) is 0 Å². The van der Waals surface area contributed by atoms with Crippen LogP contribution >= 0.6 is 0 Å². The highest BCUT2D eigenvalue weighted by Gasteiger charge is 2.11. The molecule has 0 heterocycles. The van der Waals surface area contributed by atoms with Gasteiger partial charge in [-0.05, 0) is 37.6 Å². The van der Waals surface area contributed by atoms with Crippen molar-refractivity contribution in [1.82, 2.24) is 10.7 Å². The maximum Gasteiger partial charge on any atom is 0.329 e. The number of aryl methyl sites for hydroxylation is 1. The van der Waals surface area contributed by atoms with E-state index in [2.05, 4.69) is 21.2 Å². The molecule has 0 radical (unpaired) electrons. The molecule has 30 heavy (non-hydrogen) atoms. The number of amides is 3. The smallest absolute Gasteiger partial charge is 0.329 e. The fourth-order valence-electron chi connectivity index (χ4n) is 2.37. The second kappa shape index (κ2) is 12.0. The van der Waals surface area contributed by atoms with Crippen molar-refractivity contribution < 1.29 is 19.1 Å². The summed E-state index contributed by atoms with van der Waals surface area (Å²) in [6.07, 6.45) is 3.06. The molecular weight excluding hydrogens is 384 g/mol. The molecule has 2 aromatic carbocycles. The van der Waals surface area contributed by atoms with Gasteiger partial charge < -0.3 is 15.4 Å². The Bertz CT molecular complexity index is 894. The van der Waals surface area contributed by atoms with Crippen LogP contribution in [0.4, 0.5) is 5.69 Å². The van der Waals surface area contributed by atoms with Crippen molar-refractivity contribution in [1.29, 1.82) is 0 Å². The average molecular weight is 410 g/mol. The summed E-state index contributed by atoms with van der Waals surface area (Å²) < 4.78 is 5.57. The van der Waals surface area contributed by atoms with Crippen molar-refractivity contribution >= 4 is 29.6 Å². The summed E-state index contributed by atoms with van der Waals surface area (Å²) in [6, 6.07) is 14.3. The molecule has 2 rings (SSSR count). The van der Waals surface area contributed by atoms with Gasteiger partial charge in [0, 0.05) is 17.8 Å². The molecule has 0 aliphatic heterocycles. The number of nitrogens with zero attached hydrogens (tertiary/aromatic N) is 1. The van der Waals surface area contributed by atoms with E-state index in [1.807, 2.05) is 38.1 Å². The SMILES string of the molecule is CCCCNC(=O)C(=O)N/N=C\c1ccccc1OCC(=O)Nc1ccc(C)cc1. The third-order valence-electron chi connectivity index (χ3n) is 4.00. The number of nitrogens with one attached hydrogen (secondary N) is 3. The quantitative estimate of drug-likeness (QED) is 0.255. The number of ether oxygens (including phenoxy) is 1. The molecule has 0 saturated heterocycles. The Balaban J connectivity index is 1.86. The van der Waals surface area contributed by atoms with Crippen LogP contribution in [-0.4, -0.2) is 37.1 Å². The molecule has 0 aliphatic rings. The zero-order chi connectivity index (χ0) is 21.8. The molecule has 3 amide bonds. The summed E-state index contributed by atoms with van der Waals surface area (Å²) in [5.41, 5.74) is 4.50. The van der Waals surface area contributed by atoms with Gasteiger partial charge in [-0.3, -0.25) is 14.4 Å². The summed E-state index contributed by atoms with van der Waals surface area (Å²) in [5, 5.41) is 9.05. The Kier molecular flexibility index (Phi) is 9.05. The van der Waals surface area contributed by atoms with Crippen LogP contribution in [-0.2, 0) is 14.4 Å². The van der Waals surface area contributed by atoms with Crippen molar-refractivity contribution in [2.24, 2.45) is 5.10 Å². The highest BCUT2D eigenvalue weighted by molar-refractivity contribution is 6.35. The van der Waals surface area contributed by atoms with E-state index in [0.29, 0.717) is 23.5 Å². The molecule has 0 atom stereocenters. The molecule has 0 aliphatic carbocycles. The summed E-state index contributed by atoms with van der Waals surface area (Å²) in [6.45, 7) is 4.20. The molecule has 0 bridgehead atoms. The molecule has 8 heteroatoms. The molecule has 0 fully saturated rings. The van der Waals surface area contributed by atoms with Gasteiger partial charge in [0.25, 0.3) is 5.91 Å². The number of benzene rings is 2. The summed E-state index contributed by atoms with van der Waals surface area (Å²) in [4.78, 5) is 35.4. The Morgan fingerprint density at radius 1 is 1.03 bits per heavy atom. The highest BCUT2D eigenvalue weighted by Crippen LogP contribution is 2.16. The van der Waals surface area contributed by atoms with Crippen molar-refractivity contribution in [3.63, 3.8) is 0 Å². The first-order chi connectivity index (χ1) is 14.5. The maximum absolute atomic E-state index is 12.1. The fourth-order valence-corrected chi connectivity index (χ4v) is 2.37. The average Bonchev–Trinajstić information content (AvgIpc) is 2.74. The number of unbranched alkanes of at least 4 members (excludes halogenated alkanes) is 1. The lowest BCUT2D eigenvalue weighted by molar-refractivity contribution is -0.139. The van der Waals surface area contributed by atoms with E-state index in [0.717, 1.165) is 18.4 Å². The third kappa shape index (κ3) is 7.75. The number of para-hydroxylation sites is 1. The van der Waals surface area contributed by atoms with Gasteiger partial charge in [-0.25, -0.2) is 5.43 Å². The molecule has 2 aromatic rings. The predicted octanol–water partition coefficient (Wildman–Crippen LogP) is 2.38. The van der Waals surface area contributed by atoms with Crippen LogP contribution in [0.15, 0.2) is 53.6 Å². The summed E-state index contributed by atoms with van der Waals surface area (Å²) in [7, 11) is 0. The Hall–Kier alpha value is -3.68. The Morgan fingerprint density at radius 3 is 2.50 bits per heavy atom. The molecule has 0 aromatic heterocycles. The topological polar surface area (TPSA) is 109 Å². The summed E-state index contributed by atoms with van der Waals surface area (Å²) in [5.74, 6) is -1.47. The largest absolute Gasteiger partial charge is 0.483 e. The van der Waals surface area contributed by atoms with Gasteiger partial charge in [0.1, 0.15) is 5.75 Å². The lowest BCUT2D eigenvalue weighted by Crippen LogP contribution is -2.38. The van der Waals surface area contributed by atoms with Crippen LogP contribution in [0.3, 0.4) is 0 Å².